The van der Waals surface area contributed by atoms with Crippen molar-refractivity contribution in [3.05, 3.63) is 70.8 Å². The molecule has 0 aromatic heterocycles. The standard InChI is InChI=1S/C20H12F4N2O6/c21-13-14(22)16(24)18(32-8-2-4-12(26)10(6-8)20(29)30)17(15(13)23)31-7-1-3-11(25)9(5-7)19(27)28/h1-6H,25-26H2,(H,27,28)(H,29,30). The van der Waals surface area contributed by atoms with E-state index in [1.807, 2.05) is 0 Å². The molecular weight excluding hydrogens is 440 g/mol. The zero-order valence-electron chi connectivity index (χ0n) is 15.7. The maximum atomic E-state index is 14.5. The largest absolute Gasteiger partial charge is 0.478 e. The summed E-state index contributed by atoms with van der Waals surface area (Å²) in [5, 5.41) is 18.2. The monoisotopic (exact) mass is 452 g/mol. The molecule has 0 saturated heterocycles. The van der Waals surface area contributed by atoms with Crippen molar-refractivity contribution >= 4 is 23.3 Å². The van der Waals surface area contributed by atoms with E-state index in [9.17, 15) is 27.2 Å². The second-order valence-corrected chi connectivity index (χ2v) is 6.23. The summed E-state index contributed by atoms with van der Waals surface area (Å²) in [5.41, 5.74) is 9.72. The number of anilines is 2. The molecule has 0 fully saturated rings. The minimum atomic E-state index is -2.22. The molecule has 0 amide bonds. The molecule has 0 atom stereocenters. The van der Waals surface area contributed by atoms with E-state index in [4.69, 9.17) is 31.2 Å². The summed E-state index contributed by atoms with van der Waals surface area (Å²) in [6.45, 7) is 0. The van der Waals surface area contributed by atoms with Crippen molar-refractivity contribution in [1.82, 2.24) is 0 Å². The molecule has 0 aliphatic rings. The lowest BCUT2D eigenvalue weighted by Crippen LogP contribution is -2.06. The third-order valence-electron chi connectivity index (χ3n) is 4.13. The van der Waals surface area contributed by atoms with E-state index in [0.717, 1.165) is 36.4 Å². The Balaban J connectivity index is 2.13. The molecule has 166 valence electrons. The first-order chi connectivity index (χ1) is 15.0. The van der Waals surface area contributed by atoms with Crippen LogP contribution in [0.2, 0.25) is 0 Å². The Kier molecular flexibility index (Phi) is 5.79. The highest BCUT2D eigenvalue weighted by molar-refractivity contribution is 5.94. The topological polar surface area (TPSA) is 145 Å². The number of halogens is 4. The van der Waals surface area contributed by atoms with Crippen LogP contribution in [-0.4, -0.2) is 22.2 Å². The predicted molar refractivity (Wildman–Crippen MR) is 102 cm³/mol. The van der Waals surface area contributed by atoms with Gasteiger partial charge in [0.05, 0.1) is 11.1 Å². The number of benzene rings is 3. The van der Waals surface area contributed by atoms with Crippen LogP contribution in [0.3, 0.4) is 0 Å². The Bertz CT molecular complexity index is 1170. The summed E-state index contributed by atoms with van der Waals surface area (Å²) in [5.74, 6) is -14.7. The van der Waals surface area contributed by atoms with Crippen LogP contribution in [-0.2, 0) is 0 Å². The first-order valence-electron chi connectivity index (χ1n) is 8.48. The van der Waals surface area contributed by atoms with E-state index in [1.165, 1.54) is 0 Å². The highest BCUT2D eigenvalue weighted by Gasteiger charge is 2.29. The van der Waals surface area contributed by atoms with E-state index in [1.54, 1.807) is 0 Å². The molecular formula is C20H12F4N2O6. The third kappa shape index (κ3) is 4.05. The second kappa shape index (κ2) is 8.34. The number of aromatic carboxylic acids is 2. The Morgan fingerprint density at radius 2 is 1.00 bits per heavy atom. The van der Waals surface area contributed by atoms with Gasteiger partial charge in [0.15, 0.2) is 0 Å². The molecule has 0 unspecified atom stereocenters. The van der Waals surface area contributed by atoms with Gasteiger partial charge in [-0.1, -0.05) is 0 Å². The summed E-state index contributed by atoms with van der Waals surface area (Å²) in [6.07, 6.45) is 0. The fraction of sp³-hybridized carbons (Fsp3) is 0. The maximum Gasteiger partial charge on any atom is 0.337 e. The molecule has 3 aromatic carbocycles. The lowest BCUT2D eigenvalue weighted by atomic mass is 10.1. The Morgan fingerprint density at radius 1 is 0.656 bits per heavy atom. The Hall–Kier alpha value is -4.48. The van der Waals surface area contributed by atoms with Crippen LogP contribution in [0.25, 0.3) is 0 Å². The van der Waals surface area contributed by atoms with Crippen molar-refractivity contribution in [2.45, 2.75) is 0 Å². The Morgan fingerprint density at radius 3 is 1.31 bits per heavy atom. The fourth-order valence-electron chi connectivity index (χ4n) is 2.58. The summed E-state index contributed by atoms with van der Waals surface area (Å²) in [6, 6.07) is 5.96. The van der Waals surface area contributed by atoms with Crippen molar-refractivity contribution in [1.29, 1.82) is 0 Å². The van der Waals surface area contributed by atoms with Gasteiger partial charge in [-0.25, -0.2) is 18.4 Å². The van der Waals surface area contributed by atoms with E-state index >= 15 is 0 Å². The number of nitrogens with two attached hydrogens (primary N) is 2. The van der Waals surface area contributed by atoms with Crippen LogP contribution in [0.5, 0.6) is 23.0 Å². The number of nitrogen functional groups attached to an aromatic ring is 2. The number of hydrogen-bond acceptors (Lipinski definition) is 6. The van der Waals surface area contributed by atoms with Gasteiger partial charge in [0, 0.05) is 11.4 Å². The molecule has 0 heterocycles. The van der Waals surface area contributed by atoms with Crippen LogP contribution in [0.1, 0.15) is 20.7 Å². The minimum Gasteiger partial charge on any atom is -0.478 e. The van der Waals surface area contributed by atoms with Gasteiger partial charge in [-0.15, -0.1) is 0 Å². The molecule has 3 aromatic rings. The molecule has 3 rings (SSSR count). The SMILES string of the molecule is Nc1ccc(Oc2c(F)c(F)c(F)c(F)c2Oc2ccc(N)c(C(=O)O)c2)cc1C(=O)O. The van der Waals surface area contributed by atoms with Crippen LogP contribution in [0.15, 0.2) is 36.4 Å². The summed E-state index contributed by atoms with van der Waals surface area (Å²) >= 11 is 0. The lowest BCUT2D eigenvalue weighted by Gasteiger charge is -2.16. The maximum absolute atomic E-state index is 14.5. The zero-order valence-corrected chi connectivity index (χ0v) is 15.7. The van der Waals surface area contributed by atoms with E-state index < -0.39 is 69.3 Å². The zero-order chi connectivity index (χ0) is 23.7. The third-order valence-corrected chi connectivity index (χ3v) is 4.13. The summed E-state index contributed by atoms with van der Waals surface area (Å²) < 4.78 is 66.7. The molecule has 0 radical (unpaired) electrons. The number of ether oxygens (including phenoxy) is 2. The second-order valence-electron chi connectivity index (χ2n) is 6.23. The first kappa shape index (κ1) is 22.2. The predicted octanol–water partition coefficient (Wildman–Crippen LogP) is 4.39. The van der Waals surface area contributed by atoms with Crippen molar-refractivity contribution < 1.29 is 46.8 Å². The van der Waals surface area contributed by atoms with Gasteiger partial charge in [-0.2, -0.15) is 8.78 Å². The fourth-order valence-corrected chi connectivity index (χ4v) is 2.58. The quantitative estimate of drug-likeness (QED) is 0.187. The molecule has 8 nitrogen and oxygen atoms in total. The Labute approximate surface area is 176 Å². The van der Waals surface area contributed by atoms with Crippen LogP contribution < -0.4 is 20.9 Å². The number of carbonyl (C=O) groups is 2. The number of carboxylic acids is 2. The molecule has 0 aliphatic heterocycles. The normalized spacial score (nSPS) is 10.6. The smallest absolute Gasteiger partial charge is 0.337 e. The lowest BCUT2D eigenvalue weighted by molar-refractivity contribution is 0.0686. The van der Waals surface area contributed by atoms with Gasteiger partial charge in [0.25, 0.3) is 0 Å². The number of rotatable bonds is 6. The molecule has 0 saturated carbocycles. The van der Waals surface area contributed by atoms with Gasteiger partial charge >= 0.3 is 11.9 Å². The van der Waals surface area contributed by atoms with Gasteiger partial charge in [0.1, 0.15) is 11.5 Å². The molecule has 0 aliphatic carbocycles. The minimum absolute atomic E-state index is 0.179. The van der Waals surface area contributed by atoms with Crippen molar-refractivity contribution in [2.75, 3.05) is 11.5 Å². The van der Waals surface area contributed by atoms with E-state index in [2.05, 4.69) is 0 Å². The highest BCUT2D eigenvalue weighted by atomic mass is 19.2. The summed E-state index contributed by atoms with van der Waals surface area (Å²) in [7, 11) is 0. The van der Waals surface area contributed by atoms with Gasteiger partial charge < -0.3 is 31.2 Å². The number of hydrogen-bond donors (Lipinski definition) is 4. The molecule has 6 N–H and O–H groups in total. The van der Waals surface area contributed by atoms with Crippen LogP contribution in [0.4, 0.5) is 28.9 Å². The van der Waals surface area contributed by atoms with E-state index in [-0.39, 0.29) is 11.4 Å². The van der Waals surface area contributed by atoms with Crippen molar-refractivity contribution in [3.63, 3.8) is 0 Å². The average Bonchev–Trinajstić information content (AvgIpc) is 2.75. The van der Waals surface area contributed by atoms with Crippen molar-refractivity contribution in [3.8, 4) is 23.0 Å². The van der Waals surface area contributed by atoms with Crippen LogP contribution in [0, 0.1) is 23.3 Å². The highest BCUT2D eigenvalue weighted by Crippen LogP contribution is 2.42. The van der Waals surface area contributed by atoms with Gasteiger partial charge in [0.2, 0.25) is 34.8 Å². The van der Waals surface area contributed by atoms with Crippen LogP contribution >= 0.6 is 0 Å². The van der Waals surface area contributed by atoms with Gasteiger partial charge in [-0.05, 0) is 36.4 Å². The first-order valence-corrected chi connectivity index (χ1v) is 8.48. The van der Waals surface area contributed by atoms with Gasteiger partial charge in [-0.3, -0.25) is 0 Å². The molecule has 12 heteroatoms. The van der Waals surface area contributed by atoms with E-state index in [0.29, 0.717) is 0 Å². The van der Waals surface area contributed by atoms with Crippen molar-refractivity contribution in [2.24, 2.45) is 0 Å². The summed E-state index contributed by atoms with van der Waals surface area (Å²) in [4.78, 5) is 22.4. The molecule has 32 heavy (non-hydrogen) atoms. The number of carboxylic acid groups (broad SMARTS) is 2. The average molecular weight is 452 g/mol. The molecule has 0 spiro atoms. The molecule has 0 bridgehead atoms.